The van der Waals surface area contributed by atoms with E-state index in [0.717, 1.165) is 39.2 Å². The van der Waals surface area contributed by atoms with Crippen molar-refractivity contribution in [3.8, 4) is 0 Å². The minimum atomic E-state index is -5.69. The number of nitrogens with zero attached hydrogens (tertiary/aromatic N) is 1. The molecule has 0 aromatic heterocycles. The van der Waals surface area contributed by atoms with Crippen molar-refractivity contribution in [3.05, 3.63) is 4.91 Å². The third-order valence-corrected chi connectivity index (χ3v) is 15.7. The normalized spacial score (nSPS) is 42.5. The van der Waals surface area contributed by atoms with Crippen molar-refractivity contribution in [2.45, 2.75) is 186 Å². The maximum atomic E-state index is 12.8. The molecule has 39 nitrogen and oxygen atoms in total. The molecule has 81 heavy (non-hydrogen) atoms. The van der Waals surface area contributed by atoms with Crippen LogP contribution in [0.15, 0.2) is 5.18 Å². The van der Waals surface area contributed by atoms with Gasteiger partial charge in [-0.2, -0.15) is 33.7 Å². The van der Waals surface area contributed by atoms with Crippen LogP contribution in [0.2, 0.25) is 0 Å². The van der Waals surface area contributed by atoms with Gasteiger partial charge in [-0.05, 0) is 23.9 Å². The van der Waals surface area contributed by atoms with E-state index in [1.54, 1.807) is 0 Å². The number of hydrogen-bond donors (Lipinski definition) is 13. The number of aliphatic hydroxyl groups is 5. The second kappa shape index (κ2) is 28.1. The predicted octanol–water partition coefficient (Wildman–Crippen LogP) is -7.36. The van der Waals surface area contributed by atoms with E-state index in [1.165, 1.54) is 6.92 Å². The molecule has 0 aromatic rings. The van der Waals surface area contributed by atoms with Gasteiger partial charge in [0.15, 0.2) is 43.7 Å². The molecule has 0 aromatic carbocycles. The van der Waals surface area contributed by atoms with Gasteiger partial charge in [0.05, 0.1) is 44.1 Å². The van der Waals surface area contributed by atoms with Gasteiger partial charge in [0.1, 0.15) is 73.2 Å². The van der Waals surface area contributed by atoms with Gasteiger partial charge in [-0.15, -0.1) is 4.91 Å². The van der Waals surface area contributed by atoms with E-state index in [0.29, 0.717) is 0 Å². The second-order valence-electron chi connectivity index (χ2n) is 19.5. The first-order valence-electron chi connectivity index (χ1n) is 24.4. The van der Waals surface area contributed by atoms with Gasteiger partial charge >= 0.3 is 47.6 Å². The molecule has 0 bridgehead atoms. The predicted molar refractivity (Wildman–Crippen MR) is 252 cm³/mol. The first-order chi connectivity index (χ1) is 37.6. The minimum Gasteiger partial charge on any atom is -0.479 e. The molecule has 43 heteroatoms. The fourth-order valence-electron chi connectivity index (χ4n) is 9.85. The Hall–Kier alpha value is -2.21. The molecule has 5 heterocycles. The Morgan fingerprint density at radius 2 is 1.02 bits per heavy atom. The largest absolute Gasteiger partial charge is 0.479 e. The van der Waals surface area contributed by atoms with E-state index >= 15 is 0 Å². The summed E-state index contributed by atoms with van der Waals surface area (Å²) in [7, 11) is -20.4. The average molecular weight is 1270 g/mol. The number of carbonyl (C=O) groups is 1. The molecule has 0 amide bonds. The number of carboxylic acid groups (broad SMARTS) is 1. The fraction of sp³-hybridized carbons (Fsp3) is 0.974. The molecule has 1 saturated carbocycles. The van der Waals surface area contributed by atoms with Crippen molar-refractivity contribution >= 4 is 47.6 Å². The van der Waals surface area contributed by atoms with E-state index in [2.05, 4.69) is 21.9 Å². The van der Waals surface area contributed by atoms with Gasteiger partial charge in [0.25, 0.3) is 0 Å². The number of rotatable bonds is 25. The zero-order valence-corrected chi connectivity index (χ0v) is 45.6. The van der Waals surface area contributed by atoms with Crippen LogP contribution in [0.1, 0.15) is 39.0 Å². The summed E-state index contributed by atoms with van der Waals surface area (Å²) < 4.78 is 211. The zero-order chi connectivity index (χ0) is 60.3. The van der Waals surface area contributed by atoms with E-state index in [4.69, 9.17) is 69.3 Å². The Morgan fingerprint density at radius 3 is 1.57 bits per heavy atom. The van der Waals surface area contributed by atoms with Crippen LogP contribution in [0.5, 0.6) is 0 Å². The molecule has 0 spiro atoms. The van der Waals surface area contributed by atoms with Crippen LogP contribution in [0.3, 0.4) is 0 Å². The highest BCUT2D eigenvalue weighted by Gasteiger charge is 2.58. The van der Waals surface area contributed by atoms with Crippen LogP contribution in [0.4, 0.5) is 0 Å². The van der Waals surface area contributed by atoms with Gasteiger partial charge in [-0.3, -0.25) is 18.2 Å². The van der Waals surface area contributed by atoms with Crippen LogP contribution in [-0.2, 0) is 115 Å². The summed E-state index contributed by atoms with van der Waals surface area (Å²) in [5, 5.41) is 69.9. The summed E-state index contributed by atoms with van der Waals surface area (Å²) in [6.07, 6.45) is -39.7. The van der Waals surface area contributed by atoms with Crippen LogP contribution in [-0.4, -0.2) is 269 Å². The molecular weight excluding hydrogens is 1200 g/mol. The van der Waals surface area contributed by atoms with Crippen molar-refractivity contribution in [3.63, 3.8) is 0 Å². The lowest BCUT2D eigenvalue weighted by Gasteiger charge is -2.50. The van der Waals surface area contributed by atoms with Gasteiger partial charge in [0.2, 0.25) is 6.23 Å². The summed E-state index contributed by atoms with van der Waals surface area (Å²) in [5.41, 5.74) is 18.8. The molecule has 6 aliphatic rings. The van der Waals surface area contributed by atoms with Gasteiger partial charge < -0.3 is 99.9 Å². The smallest absolute Gasteiger partial charge is 0.397 e. The Labute approximate surface area is 461 Å². The number of methoxy groups -OCH3 is 1. The lowest BCUT2D eigenvalue weighted by atomic mass is 9.88. The zero-order valence-electron chi connectivity index (χ0n) is 42.4. The SMILES string of the molecule is CO[C@H]1OC(COS(=O)(=O)O)[C@@H](O[C@@H]2O[C@@H](N=O)[C@@H](O[C@H]3OC(COS(=O)(=O)O)[C@@H](O[C@@H]4OC(C(=O)O)[C@@H](O[C@H]5OC(COS(=O)(=O)O)[C@@H](O)[C@H](OCC6CCCCC6)C5N)[C@H](O)C4O)[C@H](C)C3N)C(O)C2OS(=O)(=O)O)[C@H](O)C1N. The molecule has 0 radical (unpaired) electrons. The monoisotopic (exact) mass is 1270 g/mol. The third kappa shape index (κ3) is 17.9. The number of aliphatic hydroxyl groups excluding tert-OH is 5. The molecule has 1 aliphatic carbocycles. The highest BCUT2D eigenvalue weighted by molar-refractivity contribution is 7.81. The third-order valence-electron chi connectivity index (χ3n) is 14.0. The van der Waals surface area contributed by atoms with Crippen LogP contribution in [0, 0.1) is 16.7 Å². The van der Waals surface area contributed by atoms with E-state index in [9.17, 15) is 92.2 Å². The number of hydrogen-bond acceptors (Lipinski definition) is 34. The topological polar surface area (TPSA) is 602 Å². The maximum Gasteiger partial charge on any atom is 0.397 e. The molecule has 472 valence electrons. The number of ether oxygens (including phenoxy) is 11. The molecule has 10 unspecified atom stereocenters. The van der Waals surface area contributed by atoms with Crippen LogP contribution < -0.4 is 17.2 Å². The summed E-state index contributed by atoms with van der Waals surface area (Å²) in [6, 6.07) is -4.78. The second-order valence-corrected chi connectivity index (χ2v) is 23.8. The van der Waals surface area contributed by atoms with Crippen molar-refractivity contribution in [1.29, 1.82) is 0 Å². The number of nitrogens with two attached hydrogens (primary N) is 3. The highest BCUT2D eigenvalue weighted by atomic mass is 32.3. The Bertz CT molecular complexity index is 2540. The molecule has 5 aliphatic heterocycles. The Morgan fingerprint density at radius 1 is 0.519 bits per heavy atom. The first-order valence-corrected chi connectivity index (χ1v) is 29.8. The average Bonchev–Trinajstić information content (AvgIpc) is 3.54. The lowest BCUT2D eigenvalue weighted by Crippen LogP contribution is -2.68. The van der Waals surface area contributed by atoms with E-state index < -0.39 is 221 Å². The summed E-state index contributed by atoms with van der Waals surface area (Å²) >= 11 is 0. The van der Waals surface area contributed by atoms with Crippen molar-refractivity contribution in [1.82, 2.24) is 0 Å². The van der Waals surface area contributed by atoms with Crippen molar-refractivity contribution < 1.29 is 156 Å². The number of aliphatic carboxylic acids is 1. The number of nitroso groups, excluding NO2 is 1. The molecule has 5 saturated heterocycles. The Kier molecular flexibility index (Phi) is 23.5. The van der Waals surface area contributed by atoms with Gasteiger partial charge in [-0.1, -0.05) is 26.2 Å². The summed E-state index contributed by atoms with van der Waals surface area (Å²) in [6.45, 7) is -2.24. The van der Waals surface area contributed by atoms with Crippen LogP contribution >= 0.6 is 0 Å². The first kappa shape index (κ1) is 67.9. The van der Waals surface area contributed by atoms with Crippen LogP contribution in [0.25, 0.3) is 0 Å². The minimum absolute atomic E-state index is 0.0227. The molecule has 6 fully saturated rings. The van der Waals surface area contributed by atoms with Gasteiger partial charge in [0, 0.05) is 19.6 Å². The van der Waals surface area contributed by atoms with Crippen molar-refractivity contribution in [2.75, 3.05) is 33.5 Å². The quantitative estimate of drug-likeness (QED) is 0.0298. The Balaban J connectivity index is 1.21. The molecule has 6 rings (SSSR count). The molecular formula is C38H66N4O35S4. The van der Waals surface area contributed by atoms with E-state index in [1.807, 2.05) is 0 Å². The lowest BCUT2D eigenvalue weighted by molar-refractivity contribution is -0.371. The van der Waals surface area contributed by atoms with Gasteiger partial charge in [-0.25, -0.2) is 21.5 Å². The van der Waals surface area contributed by atoms with E-state index in [-0.39, 0.29) is 12.5 Å². The molecule has 16 N–H and O–H groups in total. The van der Waals surface area contributed by atoms with Crippen molar-refractivity contribution in [2.24, 2.45) is 34.2 Å². The summed E-state index contributed by atoms with van der Waals surface area (Å²) in [5.74, 6) is -3.26. The summed E-state index contributed by atoms with van der Waals surface area (Å²) in [4.78, 5) is 25.2. The fourth-order valence-corrected chi connectivity index (χ4v) is 11.3. The maximum absolute atomic E-state index is 12.8. The molecule has 25 atom stereocenters. The number of carboxylic acids is 1. The highest BCUT2D eigenvalue weighted by Crippen LogP contribution is 2.38. The standard InChI is InChI=1S/C38H66N4O35S4/c1-12-17(39)35(74-29-24(47)30(77-81(60,61)62)38(76-32(29)42-50)72-26-16(11-67-80(57,58)59)69-34(63-2)18(40)21(26)44)70-15(10-66-79(54,55)56)25(12)71-37-23(46)22(45)28(31(75-37)33(48)49)73-36-19(41)27(64-8-13-6-4-3-5-7-13)20(43)14(68-36)9-65-78(51,52)53/h12-32,34-38,43-47H,3-11,39-41H2,1-2H3,(H,48,49)(H,51,52,53)(H,54,55,56)(H,57,58,59)(H,60,61,62)/t12-,14?,15?,16?,17?,18?,19?,20-,21-,22-,23?,24?,25+,26-,27-,28+,29+,30?,31?,32-,34+,35-,36-,37-,38-/m1/s1.